The average molecular weight is 357 g/mol. The molecule has 1 heterocycles. The van der Waals surface area contributed by atoms with Gasteiger partial charge in [-0.3, -0.25) is 4.79 Å². The van der Waals surface area contributed by atoms with Gasteiger partial charge < -0.3 is 20.5 Å². The number of nitrogens with zero attached hydrogens (tertiary/aromatic N) is 1. The summed E-state index contributed by atoms with van der Waals surface area (Å²) in [5.74, 6) is 0.0389. The molecule has 1 atom stereocenters. The van der Waals surface area contributed by atoms with Gasteiger partial charge in [-0.1, -0.05) is 29.8 Å². The number of aliphatic hydroxyl groups excluding tert-OH is 1. The Morgan fingerprint density at radius 2 is 1.92 bits per heavy atom. The molecule has 1 aromatic carbocycles. The van der Waals surface area contributed by atoms with Crippen LogP contribution in [-0.2, 0) is 9.53 Å². The zero-order valence-electron chi connectivity index (χ0n) is 14.5. The number of hydrogen-bond acceptors (Lipinski definition) is 4. The molecular formula is C18H29ClN2O3. The zero-order valence-corrected chi connectivity index (χ0v) is 15.3. The van der Waals surface area contributed by atoms with Gasteiger partial charge in [-0.15, -0.1) is 12.4 Å². The molecule has 1 unspecified atom stereocenters. The molecule has 0 aromatic heterocycles. The van der Waals surface area contributed by atoms with Crippen LogP contribution in [0.1, 0.15) is 37.0 Å². The second-order valence-corrected chi connectivity index (χ2v) is 6.37. The molecule has 0 radical (unpaired) electrons. The molecule has 1 fully saturated rings. The number of nitrogens with two attached hydrogens (primary N) is 1. The van der Waals surface area contributed by atoms with Gasteiger partial charge in [-0.25, -0.2) is 0 Å². The fraction of sp³-hybridized carbons (Fsp3) is 0.611. The van der Waals surface area contributed by atoms with Crippen LogP contribution in [0.2, 0.25) is 0 Å². The number of benzene rings is 1. The molecule has 0 aliphatic carbocycles. The lowest BCUT2D eigenvalue weighted by molar-refractivity contribution is -0.148. The van der Waals surface area contributed by atoms with Gasteiger partial charge in [0.15, 0.2) is 0 Å². The Hall–Kier alpha value is -1.14. The Morgan fingerprint density at radius 3 is 2.42 bits per heavy atom. The molecule has 0 bridgehead atoms. The smallest absolute Gasteiger partial charge is 0.230 e. The standard InChI is InChI=1S/C18H28N2O3.ClH/c1-3-20(12-16(21)15-6-4-14(2)5-7-15)17(22)18(13-19)8-10-23-11-9-18;/h4-7,16,21H,3,8-13,19H2,1-2H3;1H. The summed E-state index contributed by atoms with van der Waals surface area (Å²) >= 11 is 0. The van der Waals surface area contributed by atoms with Crippen LogP contribution in [0.4, 0.5) is 0 Å². The number of aliphatic hydroxyl groups is 1. The Kier molecular flexibility index (Phi) is 8.16. The van der Waals surface area contributed by atoms with Crippen LogP contribution in [0.15, 0.2) is 24.3 Å². The number of halogens is 1. The number of carbonyl (C=O) groups is 1. The van der Waals surface area contributed by atoms with Crippen molar-refractivity contribution in [3.8, 4) is 0 Å². The van der Waals surface area contributed by atoms with E-state index in [9.17, 15) is 9.90 Å². The number of amides is 1. The number of aryl methyl sites for hydroxylation is 1. The molecule has 0 spiro atoms. The van der Waals surface area contributed by atoms with E-state index in [2.05, 4.69) is 0 Å². The summed E-state index contributed by atoms with van der Waals surface area (Å²) in [5.41, 5.74) is 7.36. The van der Waals surface area contributed by atoms with Crippen molar-refractivity contribution in [1.82, 2.24) is 4.90 Å². The van der Waals surface area contributed by atoms with Crippen molar-refractivity contribution in [1.29, 1.82) is 0 Å². The quantitative estimate of drug-likeness (QED) is 0.818. The summed E-state index contributed by atoms with van der Waals surface area (Å²) in [7, 11) is 0. The maximum atomic E-state index is 13.0. The molecule has 2 rings (SSSR count). The minimum absolute atomic E-state index is 0. The summed E-state index contributed by atoms with van der Waals surface area (Å²) in [6, 6.07) is 7.75. The van der Waals surface area contributed by atoms with E-state index in [0.29, 0.717) is 45.7 Å². The SMILES string of the molecule is CCN(CC(O)c1ccc(C)cc1)C(=O)C1(CN)CCOCC1.Cl. The lowest BCUT2D eigenvalue weighted by Crippen LogP contribution is -2.51. The topological polar surface area (TPSA) is 75.8 Å². The summed E-state index contributed by atoms with van der Waals surface area (Å²) in [6.45, 7) is 6.26. The van der Waals surface area contributed by atoms with Crippen molar-refractivity contribution in [2.24, 2.45) is 11.1 Å². The summed E-state index contributed by atoms with van der Waals surface area (Å²) in [5, 5.41) is 10.5. The van der Waals surface area contributed by atoms with E-state index in [1.54, 1.807) is 4.90 Å². The Morgan fingerprint density at radius 1 is 1.33 bits per heavy atom. The molecule has 1 aliphatic rings. The maximum absolute atomic E-state index is 13.0. The van der Waals surface area contributed by atoms with Gasteiger partial charge in [0.1, 0.15) is 0 Å². The Labute approximate surface area is 150 Å². The van der Waals surface area contributed by atoms with E-state index in [1.165, 1.54) is 0 Å². The number of likely N-dealkylation sites (N-methyl/N-ethyl adjacent to an activating group) is 1. The van der Waals surface area contributed by atoms with Crippen LogP contribution in [0.25, 0.3) is 0 Å². The Balaban J connectivity index is 0.00000288. The van der Waals surface area contributed by atoms with Crippen molar-refractivity contribution in [3.63, 3.8) is 0 Å². The molecule has 136 valence electrons. The summed E-state index contributed by atoms with van der Waals surface area (Å²) < 4.78 is 5.38. The third-order valence-corrected chi connectivity index (χ3v) is 4.82. The largest absolute Gasteiger partial charge is 0.387 e. The van der Waals surface area contributed by atoms with Gasteiger partial charge in [0, 0.05) is 26.3 Å². The van der Waals surface area contributed by atoms with Crippen molar-refractivity contribution >= 4 is 18.3 Å². The number of hydrogen-bond donors (Lipinski definition) is 2. The minimum atomic E-state index is -0.686. The molecule has 0 saturated carbocycles. The first kappa shape index (κ1) is 20.9. The fourth-order valence-corrected chi connectivity index (χ4v) is 3.06. The van der Waals surface area contributed by atoms with Crippen LogP contribution >= 0.6 is 12.4 Å². The number of carbonyl (C=O) groups excluding carboxylic acids is 1. The predicted molar refractivity (Wildman–Crippen MR) is 97.2 cm³/mol. The normalized spacial score (nSPS) is 17.7. The first-order valence-corrected chi connectivity index (χ1v) is 8.34. The van der Waals surface area contributed by atoms with Gasteiger partial charge in [-0.2, -0.15) is 0 Å². The maximum Gasteiger partial charge on any atom is 0.230 e. The third-order valence-electron chi connectivity index (χ3n) is 4.82. The Bertz CT molecular complexity index is 516. The summed E-state index contributed by atoms with van der Waals surface area (Å²) in [4.78, 5) is 14.7. The zero-order chi connectivity index (χ0) is 16.9. The second kappa shape index (κ2) is 9.37. The number of ether oxygens (including phenoxy) is 1. The van der Waals surface area contributed by atoms with E-state index in [0.717, 1.165) is 11.1 Å². The van der Waals surface area contributed by atoms with Gasteiger partial charge in [0.05, 0.1) is 18.1 Å². The molecule has 1 saturated heterocycles. The van der Waals surface area contributed by atoms with Crippen LogP contribution < -0.4 is 5.73 Å². The highest BCUT2D eigenvalue weighted by Crippen LogP contribution is 2.32. The van der Waals surface area contributed by atoms with Crippen LogP contribution in [-0.4, -0.2) is 48.8 Å². The fourth-order valence-electron chi connectivity index (χ4n) is 3.06. The van der Waals surface area contributed by atoms with Crippen molar-refractivity contribution < 1.29 is 14.6 Å². The number of rotatable bonds is 6. The molecule has 5 nitrogen and oxygen atoms in total. The van der Waals surface area contributed by atoms with E-state index in [-0.39, 0.29) is 18.3 Å². The molecule has 1 amide bonds. The van der Waals surface area contributed by atoms with Gasteiger partial charge >= 0.3 is 0 Å². The lowest BCUT2D eigenvalue weighted by atomic mass is 9.78. The molecule has 3 N–H and O–H groups in total. The van der Waals surface area contributed by atoms with E-state index in [1.807, 2.05) is 38.1 Å². The van der Waals surface area contributed by atoms with E-state index < -0.39 is 11.5 Å². The van der Waals surface area contributed by atoms with Gasteiger partial charge in [0.25, 0.3) is 0 Å². The lowest BCUT2D eigenvalue weighted by Gasteiger charge is -2.39. The van der Waals surface area contributed by atoms with Crippen molar-refractivity contribution in [3.05, 3.63) is 35.4 Å². The average Bonchev–Trinajstić information content (AvgIpc) is 2.60. The van der Waals surface area contributed by atoms with Gasteiger partial charge in [-0.05, 0) is 32.3 Å². The first-order valence-electron chi connectivity index (χ1n) is 8.34. The molecule has 1 aliphatic heterocycles. The molecular weight excluding hydrogens is 328 g/mol. The van der Waals surface area contributed by atoms with Crippen molar-refractivity contribution in [2.75, 3.05) is 32.8 Å². The van der Waals surface area contributed by atoms with Crippen LogP contribution in [0, 0.1) is 12.3 Å². The predicted octanol–water partition coefficient (Wildman–Crippen LogP) is 2.05. The monoisotopic (exact) mass is 356 g/mol. The molecule has 24 heavy (non-hydrogen) atoms. The van der Waals surface area contributed by atoms with E-state index in [4.69, 9.17) is 10.5 Å². The van der Waals surface area contributed by atoms with Crippen molar-refractivity contribution in [2.45, 2.75) is 32.8 Å². The highest BCUT2D eigenvalue weighted by Gasteiger charge is 2.41. The van der Waals surface area contributed by atoms with Crippen LogP contribution in [0.3, 0.4) is 0 Å². The third kappa shape index (κ3) is 4.70. The second-order valence-electron chi connectivity index (χ2n) is 6.37. The highest BCUT2D eigenvalue weighted by atomic mass is 35.5. The molecule has 6 heteroatoms. The van der Waals surface area contributed by atoms with E-state index >= 15 is 0 Å². The minimum Gasteiger partial charge on any atom is -0.387 e. The first-order chi connectivity index (χ1) is 11.0. The summed E-state index contributed by atoms with van der Waals surface area (Å²) in [6.07, 6.45) is 0.619. The van der Waals surface area contributed by atoms with Gasteiger partial charge in [0.2, 0.25) is 5.91 Å². The van der Waals surface area contributed by atoms with Crippen LogP contribution in [0.5, 0.6) is 0 Å². The molecule has 1 aromatic rings. The highest BCUT2D eigenvalue weighted by molar-refractivity contribution is 5.85.